The molecule has 0 spiro atoms. The Bertz CT molecular complexity index is 492. The summed E-state index contributed by atoms with van der Waals surface area (Å²) in [6.07, 6.45) is -0.629. The summed E-state index contributed by atoms with van der Waals surface area (Å²) < 4.78 is 29.2. The van der Waals surface area contributed by atoms with E-state index >= 15 is 0 Å². The van der Waals surface area contributed by atoms with Crippen LogP contribution < -0.4 is 0 Å². The highest BCUT2D eigenvalue weighted by molar-refractivity contribution is 7.92. The largest absolute Gasteiger partial charge is 0.461 e. The molecule has 0 saturated carbocycles. The monoisotopic (exact) mass is 240 g/mol. The minimum atomic E-state index is -3.47. The summed E-state index contributed by atoms with van der Waals surface area (Å²) in [6.45, 7) is 1.61. The van der Waals surface area contributed by atoms with E-state index in [9.17, 15) is 13.2 Å². The second-order valence-corrected chi connectivity index (χ2v) is 5.96. The number of rotatable bonds is 2. The second-order valence-electron chi connectivity index (χ2n) is 3.80. The van der Waals surface area contributed by atoms with E-state index in [1.54, 1.807) is 25.1 Å². The Kier molecular flexibility index (Phi) is 2.71. The zero-order valence-corrected chi connectivity index (χ0v) is 9.61. The molecular formula is C11H12O4S. The molecule has 0 bridgehead atoms. The minimum Gasteiger partial charge on any atom is -0.461 e. The van der Waals surface area contributed by atoms with E-state index in [1.807, 2.05) is 0 Å². The summed E-state index contributed by atoms with van der Waals surface area (Å²) in [5, 5.41) is -0.762. The van der Waals surface area contributed by atoms with Crippen LogP contribution in [0.5, 0.6) is 0 Å². The molecule has 2 atom stereocenters. The quantitative estimate of drug-likeness (QED) is 0.728. The SMILES string of the molecule is C[C@@H]1OC(=O)C[C@@H]1S(=O)(=O)c1ccccc1. The molecule has 1 saturated heterocycles. The van der Waals surface area contributed by atoms with Crippen LogP contribution in [0.2, 0.25) is 0 Å². The molecule has 2 rings (SSSR count). The minimum absolute atomic E-state index is 0.0571. The van der Waals surface area contributed by atoms with E-state index in [-0.39, 0.29) is 11.3 Å². The fraction of sp³-hybridized carbons (Fsp3) is 0.364. The summed E-state index contributed by atoms with van der Waals surface area (Å²) in [4.78, 5) is 11.3. The zero-order chi connectivity index (χ0) is 11.8. The Morgan fingerprint density at radius 1 is 1.25 bits per heavy atom. The van der Waals surface area contributed by atoms with Crippen LogP contribution in [0.15, 0.2) is 35.2 Å². The van der Waals surface area contributed by atoms with Crippen molar-refractivity contribution in [2.45, 2.75) is 29.6 Å². The smallest absolute Gasteiger partial charge is 0.307 e. The van der Waals surface area contributed by atoms with Crippen molar-refractivity contribution >= 4 is 15.8 Å². The van der Waals surface area contributed by atoms with Crippen molar-refractivity contribution in [1.29, 1.82) is 0 Å². The number of sulfone groups is 1. The van der Waals surface area contributed by atoms with Crippen molar-refractivity contribution in [3.63, 3.8) is 0 Å². The topological polar surface area (TPSA) is 60.4 Å². The lowest BCUT2D eigenvalue weighted by Gasteiger charge is -2.13. The van der Waals surface area contributed by atoms with Crippen molar-refractivity contribution < 1.29 is 17.9 Å². The first-order chi connectivity index (χ1) is 7.51. The predicted octanol–water partition coefficient (Wildman–Crippen LogP) is 1.16. The molecule has 0 aliphatic carbocycles. The molecule has 0 N–H and O–H groups in total. The van der Waals surface area contributed by atoms with Gasteiger partial charge in [0.2, 0.25) is 0 Å². The average molecular weight is 240 g/mol. The Balaban J connectivity index is 2.37. The summed E-state index contributed by atoms with van der Waals surface area (Å²) in [6, 6.07) is 8.14. The molecule has 1 fully saturated rings. The molecular weight excluding hydrogens is 228 g/mol. The molecule has 5 heteroatoms. The van der Waals surface area contributed by atoms with Gasteiger partial charge in [0.1, 0.15) is 11.4 Å². The Hall–Kier alpha value is -1.36. The van der Waals surface area contributed by atoms with Crippen LogP contribution >= 0.6 is 0 Å². The zero-order valence-electron chi connectivity index (χ0n) is 8.79. The first kappa shape index (κ1) is 11.1. The van der Waals surface area contributed by atoms with Gasteiger partial charge in [-0.2, -0.15) is 0 Å². The molecule has 1 heterocycles. The van der Waals surface area contributed by atoms with Crippen LogP contribution in [-0.2, 0) is 19.4 Å². The molecule has 16 heavy (non-hydrogen) atoms. The van der Waals surface area contributed by atoms with Gasteiger partial charge in [0, 0.05) is 0 Å². The molecule has 1 aromatic carbocycles. The number of benzene rings is 1. The first-order valence-corrected chi connectivity index (χ1v) is 6.55. The molecule has 1 aromatic rings. The number of cyclic esters (lactones) is 1. The fourth-order valence-corrected chi connectivity index (χ4v) is 3.61. The Morgan fingerprint density at radius 3 is 2.38 bits per heavy atom. The average Bonchev–Trinajstić information content (AvgIpc) is 2.60. The van der Waals surface area contributed by atoms with Gasteiger partial charge in [-0.25, -0.2) is 8.42 Å². The van der Waals surface area contributed by atoms with E-state index in [0.717, 1.165) is 0 Å². The van der Waals surface area contributed by atoms with Crippen molar-refractivity contribution in [2.24, 2.45) is 0 Å². The number of hydrogen-bond acceptors (Lipinski definition) is 4. The van der Waals surface area contributed by atoms with Gasteiger partial charge in [-0.15, -0.1) is 0 Å². The second kappa shape index (κ2) is 3.90. The highest BCUT2D eigenvalue weighted by Crippen LogP contribution is 2.27. The van der Waals surface area contributed by atoms with Crippen molar-refractivity contribution in [1.82, 2.24) is 0 Å². The summed E-state index contributed by atoms with van der Waals surface area (Å²) in [5.41, 5.74) is 0. The maximum atomic E-state index is 12.2. The molecule has 0 amide bonds. The predicted molar refractivity (Wildman–Crippen MR) is 57.6 cm³/mol. The maximum Gasteiger partial charge on any atom is 0.307 e. The summed E-state index contributed by atoms with van der Waals surface area (Å²) in [5.74, 6) is -0.447. The van der Waals surface area contributed by atoms with Crippen LogP contribution in [0.3, 0.4) is 0 Å². The van der Waals surface area contributed by atoms with Gasteiger partial charge in [-0.1, -0.05) is 18.2 Å². The molecule has 0 aromatic heterocycles. The third-order valence-corrected chi connectivity index (χ3v) is 4.96. The van der Waals surface area contributed by atoms with E-state index in [4.69, 9.17) is 4.74 Å². The normalized spacial score (nSPS) is 25.4. The first-order valence-electron chi connectivity index (χ1n) is 5.00. The molecule has 86 valence electrons. The number of esters is 1. The van der Waals surface area contributed by atoms with Gasteiger partial charge >= 0.3 is 5.97 Å². The third-order valence-electron chi connectivity index (χ3n) is 2.68. The third kappa shape index (κ3) is 1.82. The van der Waals surface area contributed by atoms with Crippen molar-refractivity contribution in [3.8, 4) is 0 Å². The molecule has 4 nitrogen and oxygen atoms in total. The fourth-order valence-electron chi connectivity index (χ4n) is 1.81. The van der Waals surface area contributed by atoms with Crippen LogP contribution in [0, 0.1) is 0 Å². The van der Waals surface area contributed by atoms with E-state index < -0.39 is 27.2 Å². The summed E-state index contributed by atoms with van der Waals surface area (Å²) in [7, 11) is -3.47. The lowest BCUT2D eigenvalue weighted by atomic mass is 10.2. The van der Waals surface area contributed by atoms with Gasteiger partial charge in [0.05, 0.1) is 11.3 Å². The van der Waals surface area contributed by atoms with Gasteiger partial charge in [0.15, 0.2) is 9.84 Å². The number of ether oxygens (including phenoxy) is 1. The van der Waals surface area contributed by atoms with Crippen LogP contribution in [0.25, 0.3) is 0 Å². The molecule has 1 aliphatic heterocycles. The molecule has 1 aliphatic rings. The Labute approximate surface area is 94.2 Å². The highest BCUT2D eigenvalue weighted by Gasteiger charge is 2.41. The van der Waals surface area contributed by atoms with Gasteiger partial charge < -0.3 is 4.74 Å². The van der Waals surface area contributed by atoms with Gasteiger partial charge in [-0.05, 0) is 19.1 Å². The summed E-state index contributed by atoms with van der Waals surface area (Å²) >= 11 is 0. The molecule has 0 unspecified atom stereocenters. The highest BCUT2D eigenvalue weighted by atomic mass is 32.2. The van der Waals surface area contributed by atoms with Crippen LogP contribution in [0.4, 0.5) is 0 Å². The van der Waals surface area contributed by atoms with Gasteiger partial charge in [-0.3, -0.25) is 4.79 Å². The number of hydrogen-bond donors (Lipinski definition) is 0. The number of carbonyl (C=O) groups excluding carboxylic acids is 1. The van der Waals surface area contributed by atoms with E-state index in [2.05, 4.69) is 0 Å². The van der Waals surface area contributed by atoms with E-state index in [0.29, 0.717) is 0 Å². The van der Waals surface area contributed by atoms with Crippen LogP contribution in [-0.4, -0.2) is 25.7 Å². The lowest BCUT2D eigenvalue weighted by Crippen LogP contribution is -2.27. The van der Waals surface area contributed by atoms with Crippen molar-refractivity contribution in [2.75, 3.05) is 0 Å². The number of carbonyl (C=O) groups is 1. The standard InChI is InChI=1S/C11H12O4S/c1-8-10(7-11(12)15-8)16(13,14)9-5-3-2-4-6-9/h2-6,8,10H,7H2,1H3/t8-,10-/m0/s1. The van der Waals surface area contributed by atoms with E-state index in [1.165, 1.54) is 12.1 Å². The van der Waals surface area contributed by atoms with Gasteiger partial charge in [0.25, 0.3) is 0 Å². The maximum absolute atomic E-state index is 12.2. The van der Waals surface area contributed by atoms with Crippen LogP contribution in [0.1, 0.15) is 13.3 Å². The lowest BCUT2D eigenvalue weighted by molar-refractivity contribution is -0.140. The molecule has 0 radical (unpaired) electrons. The Morgan fingerprint density at radius 2 is 1.88 bits per heavy atom. The van der Waals surface area contributed by atoms with Crippen molar-refractivity contribution in [3.05, 3.63) is 30.3 Å².